The average Bonchev–Trinajstić information content (AvgIpc) is 3.35. The van der Waals surface area contributed by atoms with Crippen LogP contribution in [-0.4, -0.2) is 36.4 Å². The molecule has 1 N–H and O–H groups in total. The molecule has 0 aromatic carbocycles. The number of aliphatic hydroxyl groups is 1. The van der Waals surface area contributed by atoms with Crippen molar-refractivity contribution in [1.29, 1.82) is 0 Å². The van der Waals surface area contributed by atoms with Crippen LogP contribution in [0.3, 0.4) is 0 Å². The fraction of sp³-hybridized carbons (Fsp3) is 0.875. The summed E-state index contributed by atoms with van der Waals surface area (Å²) in [5.41, 5.74) is 0. The molecule has 0 bridgehead atoms. The van der Waals surface area contributed by atoms with Gasteiger partial charge in [0.05, 0.1) is 6.61 Å². The van der Waals surface area contributed by atoms with Crippen molar-refractivity contribution in [2.45, 2.75) is 347 Å². The van der Waals surface area contributed by atoms with Crippen molar-refractivity contribution in [3.05, 3.63) is 36.5 Å². The number of unbranched alkanes of at least 4 members (excludes halogenated alkanes) is 44. The zero-order valence-corrected chi connectivity index (χ0v) is 46.6. The molecule has 0 aliphatic heterocycles. The number of carbonyl (C=O) groups excluding carboxylic acids is 2. The van der Waals surface area contributed by atoms with E-state index in [1.54, 1.807) is 0 Å². The molecule has 0 heterocycles. The van der Waals surface area contributed by atoms with E-state index in [-0.39, 0.29) is 25.2 Å². The summed E-state index contributed by atoms with van der Waals surface area (Å²) in [6, 6.07) is 0. The lowest BCUT2D eigenvalue weighted by Gasteiger charge is -2.15. The summed E-state index contributed by atoms with van der Waals surface area (Å²) in [5, 5.41) is 9.64. The highest BCUT2D eigenvalue weighted by Gasteiger charge is 2.16. The molecule has 0 saturated carbocycles. The van der Waals surface area contributed by atoms with Gasteiger partial charge in [-0.15, -0.1) is 0 Å². The van der Waals surface area contributed by atoms with E-state index in [1.807, 2.05) is 0 Å². The zero-order valence-electron chi connectivity index (χ0n) is 46.6. The Hall–Kier alpha value is -1.88. The van der Waals surface area contributed by atoms with Crippen LogP contribution in [0.2, 0.25) is 0 Å². The third kappa shape index (κ3) is 58.6. The van der Waals surface area contributed by atoms with Gasteiger partial charge in [-0.25, -0.2) is 0 Å². The Kier molecular flexibility index (Phi) is 58.8. The Balaban J connectivity index is 3.35. The highest BCUT2D eigenvalue weighted by atomic mass is 16.6. The summed E-state index contributed by atoms with van der Waals surface area (Å²) >= 11 is 0. The van der Waals surface area contributed by atoms with Gasteiger partial charge < -0.3 is 14.6 Å². The number of hydrogen-bond acceptors (Lipinski definition) is 5. The van der Waals surface area contributed by atoms with Crippen molar-refractivity contribution in [3.8, 4) is 0 Å². The molecule has 5 nitrogen and oxygen atoms in total. The van der Waals surface area contributed by atoms with Crippen LogP contribution < -0.4 is 0 Å². The Labute approximate surface area is 431 Å². The van der Waals surface area contributed by atoms with Crippen molar-refractivity contribution in [2.24, 2.45) is 0 Å². The van der Waals surface area contributed by atoms with Crippen LogP contribution >= 0.6 is 0 Å². The van der Waals surface area contributed by atoms with Crippen LogP contribution in [0.5, 0.6) is 0 Å². The summed E-state index contributed by atoms with van der Waals surface area (Å²) in [4.78, 5) is 24.5. The minimum absolute atomic E-state index is 0.0661. The molecule has 0 aliphatic rings. The molecule has 0 aliphatic carbocycles. The zero-order chi connectivity index (χ0) is 49.9. The van der Waals surface area contributed by atoms with Gasteiger partial charge in [-0.3, -0.25) is 9.59 Å². The fourth-order valence-electron chi connectivity index (χ4n) is 9.58. The minimum Gasteiger partial charge on any atom is -0.462 e. The first-order valence-corrected chi connectivity index (χ1v) is 31.0. The highest BCUT2D eigenvalue weighted by Crippen LogP contribution is 2.18. The Morgan fingerprint density at radius 1 is 0.348 bits per heavy atom. The number of ether oxygens (including phenoxy) is 2. The van der Waals surface area contributed by atoms with Gasteiger partial charge >= 0.3 is 11.9 Å². The van der Waals surface area contributed by atoms with Gasteiger partial charge in [0.1, 0.15) is 6.61 Å². The van der Waals surface area contributed by atoms with Crippen molar-refractivity contribution >= 4 is 11.9 Å². The number of hydrogen-bond donors (Lipinski definition) is 1. The molecule has 69 heavy (non-hydrogen) atoms. The van der Waals surface area contributed by atoms with E-state index >= 15 is 0 Å². The molecule has 0 fully saturated rings. The Morgan fingerprint density at radius 2 is 0.623 bits per heavy atom. The molecule has 0 saturated heterocycles. The van der Waals surface area contributed by atoms with Crippen LogP contribution in [0, 0.1) is 0 Å². The standard InChI is InChI=1S/C64H120O5/c1-3-5-7-9-11-13-15-17-19-21-22-23-24-25-26-27-28-29-30-31-32-33-34-35-36-37-38-39-40-41-43-44-46-48-50-52-54-56-58-63(66)68-61-62(60-65)69-64(67)59-57-55-53-51-49-47-45-42-20-18-16-14-12-10-8-6-4-2/h6,8,12,14,18,20,62,65H,3-5,7,9-11,13,15-17,19,21-61H2,1-2H3/b8-6-,14-12-,20-18-. The van der Waals surface area contributed by atoms with E-state index in [4.69, 9.17) is 9.47 Å². The first-order valence-electron chi connectivity index (χ1n) is 31.0. The maximum Gasteiger partial charge on any atom is 0.306 e. The number of aliphatic hydroxyl groups excluding tert-OH is 1. The molecule has 0 aromatic heterocycles. The lowest BCUT2D eigenvalue weighted by Crippen LogP contribution is -2.28. The predicted molar refractivity (Wildman–Crippen MR) is 302 cm³/mol. The Bertz CT molecular complexity index is 1100. The molecule has 0 radical (unpaired) electrons. The number of esters is 2. The monoisotopic (exact) mass is 969 g/mol. The molecule has 5 heteroatoms. The molecule has 1 atom stereocenters. The second kappa shape index (κ2) is 60.4. The lowest BCUT2D eigenvalue weighted by molar-refractivity contribution is -0.161. The van der Waals surface area contributed by atoms with Crippen molar-refractivity contribution in [1.82, 2.24) is 0 Å². The number of carbonyl (C=O) groups is 2. The van der Waals surface area contributed by atoms with Crippen LogP contribution in [0.25, 0.3) is 0 Å². The van der Waals surface area contributed by atoms with Gasteiger partial charge in [0.2, 0.25) is 0 Å². The normalized spacial score (nSPS) is 12.3. The average molecular weight is 970 g/mol. The molecule has 0 amide bonds. The largest absolute Gasteiger partial charge is 0.462 e. The summed E-state index contributed by atoms with van der Waals surface area (Å²) in [5.74, 6) is -0.587. The molecule has 0 aromatic rings. The first kappa shape index (κ1) is 67.1. The van der Waals surface area contributed by atoms with Crippen LogP contribution in [0.1, 0.15) is 341 Å². The van der Waals surface area contributed by atoms with Crippen molar-refractivity contribution in [3.63, 3.8) is 0 Å². The first-order chi connectivity index (χ1) is 34.1. The summed E-state index contributed by atoms with van der Waals surface area (Å²) in [7, 11) is 0. The maximum atomic E-state index is 12.3. The van der Waals surface area contributed by atoms with E-state index < -0.39 is 6.10 Å². The van der Waals surface area contributed by atoms with Crippen LogP contribution in [0.15, 0.2) is 36.5 Å². The smallest absolute Gasteiger partial charge is 0.306 e. The van der Waals surface area contributed by atoms with E-state index in [1.165, 1.54) is 250 Å². The van der Waals surface area contributed by atoms with Gasteiger partial charge in [0.25, 0.3) is 0 Å². The third-order valence-electron chi connectivity index (χ3n) is 14.2. The maximum absolute atomic E-state index is 12.3. The summed E-state index contributed by atoms with van der Waals surface area (Å²) in [6.07, 6.45) is 78.8. The molecule has 1 unspecified atom stereocenters. The van der Waals surface area contributed by atoms with E-state index in [9.17, 15) is 14.7 Å². The molecular formula is C64H120O5. The highest BCUT2D eigenvalue weighted by molar-refractivity contribution is 5.70. The van der Waals surface area contributed by atoms with Gasteiger partial charge in [-0.05, 0) is 44.9 Å². The third-order valence-corrected chi connectivity index (χ3v) is 14.2. The van der Waals surface area contributed by atoms with Gasteiger partial charge in [0.15, 0.2) is 6.10 Å². The molecule has 406 valence electrons. The van der Waals surface area contributed by atoms with Crippen LogP contribution in [0.4, 0.5) is 0 Å². The van der Waals surface area contributed by atoms with E-state index in [2.05, 4.69) is 50.3 Å². The molecule has 0 rings (SSSR count). The summed E-state index contributed by atoms with van der Waals surface area (Å²) in [6.45, 7) is 4.07. The molecule has 0 spiro atoms. The quantitative estimate of drug-likeness (QED) is 0.0373. The number of rotatable bonds is 58. The summed E-state index contributed by atoms with van der Waals surface area (Å²) < 4.78 is 10.7. The second-order valence-corrected chi connectivity index (χ2v) is 21.1. The van der Waals surface area contributed by atoms with Gasteiger partial charge in [-0.1, -0.05) is 320 Å². The van der Waals surface area contributed by atoms with Gasteiger partial charge in [0, 0.05) is 12.8 Å². The SMILES string of the molecule is CC/C=C\C/C=C\C/C=C\CCCCCCCCCC(=O)OC(CO)COC(=O)CCCCCCCCCCCCCCCCCCCCCCCCCCCCCCCCCCCCCCCC. The van der Waals surface area contributed by atoms with Crippen LogP contribution in [-0.2, 0) is 19.1 Å². The van der Waals surface area contributed by atoms with Gasteiger partial charge in [-0.2, -0.15) is 0 Å². The molecular weight excluding hydrogens is 849 g/mol. The van der Waals surface area contributed by atoms with Crippen molar-refractivity contribution < 1.29 is 24.2 Å². The predicted octanol–water partition coefficient (Wildman–Crippen LogP) is 21.0. The van der Waals surface area contributed by atoms with Crippen molar-refractivity contribution in [2.75, 3.05) is 13.2 Å². The topological polar surface area (TPSA) is 72.8 Å². The lowest BCUT2D eigenvalue weighted by atomic mass is 10.0. The second-order valence-electron chi connectivity index (χ2n) is 21.1. The van der Waals surface area contributed by atoms with E-state index in [0.29, 0.717) is 12.8 Å². The van der Waals surface area contributed by atoms with E-state index in [0.717, 1.165) is 64.2 Å². The Morgan fingerprint density at radius 3 is 0.942 bits per heavy atom. The fourth-order valence-corrected chi connectivity index (χ4v) is 9.58. The number of allylic oxidation sites excluding steroid dienone is 6. The minimum atomic E-state index is -0.776.